The summed E-state index contributed by atoms with van der Waals surface area (Å²) in [4.78, 5) is 12.0. The van der Waals surface area contributed by atoms with Gasteiger partial charge in [-0.15, -0.1) is 0 Å². The monoisotopic (exact) mass is 422 g/mol. The minimum atomic E-state index is -4.11. The summed E-state index contributed by atoms with van der Waals surface area (Å²) < 4.78 is 32.8. The molecule has 1 aliphatic rings. The maximum atomic E-state index is 13.3. The van der Waals surface area contributed by atoms with Gasteiger partial charge in [0.25, 0.3) is 15.7 Å². The van der Waals surface area contributed by atoms with E-state index in [0.717, 1.165) is 9.21 Å². The van der Waals surface area contributed by atoms with Gasteiger partial charge in [0, 0.05) is 6.07 Å². The predicted octanol–water partition coefficient (Wildman–Crippen LogP) is 0.0661. The number of nitro benzene ring substituents is 1. The summed E-state index contributed by atoms with van der Waals surface area (Å²) in [5, 5.41) is 22.1. The number of para-hydroxylation sites is 2. The zero-order chi connectivity index (χ0) is 20.9. The highest BCUT2D eigenvalue weighted by Crippen LogP contribution is 2.32. The van der Waals surface area contributed by atoms with E-state index in [1.165, 1.54) is 36.4 Å². The summed E-state index contributed by atoms with van der Waals surface area (Å²) >= 11 is 0. The van der Waals surface area contributed by atoms with Crippen LogP contribution in [0.3, 0.4) is 0 Å². The van der Waals surface area contributed by atoms with E-state index >= 15 is 0 Å². The molecule has 1 heterocycles. The lowest BCUT2D eigenvalue weighted by molar-refractivity contribution is -0.910. The van der Waals surface area contributed by atoms with E-state index in [1.807, 2.05) is 0 Å². The SMILES string of the molecule is O=[N+]([O-])c1ccccc1N(C[C@@H](O)C[NH+]1CCOCC1)S(=O)(=O)c1ccccc1. The van der Waals surface area contributed by atoms with E-state index < -0.39 is 21.1 Å². The van der Waals surface area contributed by atoms with Gasteiger partial charge in [0.1, 0.15) is 31.4 Å². The number of quaternary nitrogens is 1. The molecule has 0 unspecified atom stereocenters. The molecule has 2 aromatic rings. The topological polar surface area (TPSA) is 114 Å². The minimum absolute atomic E-state index is 0.00377. The van der Waals surface area contributed by atoms with Crippen molar-refractivity contribution in [2.24, 2.45) is 0 Å². The zero-order valence-electron chi connectivity index (χ0n) is 15.8. The van der Waals surface area contributed by atoms with Crippen LogP contribution in [0, 0.1) is 10.1 Å². The molecule has 2 aromatic carbocycles. The van der Waals surface area contributed by atoms with E-state index in [9.17, 15) is 23.6 Å². The van der Waals surface area contributed by atoms with Gasteiger partial charge in [-0.3, -0.25) is 14.4 Å². The van der Waals surface area contributed by atoms with Crippen molar-refractivity contribution in [1.29, 1.82) is 0 Å². The average Bonchev–Trinajstić information content (AvgIpc) is 2.73. The molecule has 0 spiro atoms. The first-order chi connectivity index (χ1) is 13.9. The number of benzene rings is 2. The first-order valence-electron chi connectivity index (χ1n) is 9.30. The number of nitrogens with one attached hydrogen (secondary N) is 1. The molecule has 0 bridgehead atoms. The Bertz CT molecular complexity index is 932. The van der Waals surface area contributed by atoms with E-state index in [-0.39, 0.29) is 22.8 Å². The fourth-order valence-electron chi connectivity index (χ4n) is 3.33. The zero-order valence-corrected chi connectivity index (χ0v) is 16.6. The third-order valence-electron chi connectivity index (χ3n) is 4.78. The summed E-state index contributed by atoms with van der Waals surface area (Å²) in [6, 6.07) is 13.4. The van der Waals surface area contributed by atoms with Gasteiger partial charge >= 0.3 is 0 Å². The second kappa shape index (κ2) is 9.31. The number of aliphatic hydroxyl groups excluding tert-OH is 1. The number of rotatable bonds is 8. The van der Waals surface area contributed by atoms with Crippen molar-refractivity contribution in [3.05, 3.63) is 64.7 Å². The van der Waals surface area contributed by atoms with Crippen LogP contribution in [0.2, 0.25) is 0 Å². The fourth-order valence-corrected chi connectivity index (χ4v) is 4.87. The van der Waals surface area contributed by atoms with Crippen molar-refractivity contribution in [1.82, 2.24) is 0 Å². The van der Waals surface area contributed by atoms with Crippen LogP contribution in [0.15, 0.2) is 59.5 Å². The Morgan fingerprint density at radius 3 is 2.38 bits per heavy atom. The molecule has 1 atom stereocenters. The molecule has 0 aliphatic carbocycles. The molecular formula is C19H24N3O6S+. The molecule has 1 fully saturated rings. The molecule has 1 saturated heterocycles. The van der Waals surface area contributed by atoms with Crippen LogP contribution in [0.25, 0.3) is 0 Å². The highest BCUT2D eigenvalue weighted by Gasteiger charge is 2.33. The lowest BCUT2D eigenvalue weighted by Gasteiger charge is -2.29. The number of sulfonamides is 1. The average molecular weight is 422 g/mol. The Labute approximate surface area is 169 Å². The van der Waals surface area contributed by atoms with Crippen molar-refractivity contribution in [2.45, 2.75) is 11.0 Å². The van der Waals surface area contributed by atoms with Crippen LogP contribution in [0.4, 0.5) is 11.4 Å². The normalized spacial score (nSPS) is 16.3. The van der Waals surface area contributed by atoms with Crippen molar-refractivity contribution < 1.29 is 28.1 Å². The number of nitrogens with zero attached hydrogens (tertiary/aromatic N) is 2. The van der Waals surface area contributed by atoms with Crippen LogP contribution in [-0.4, -0.2) is 63.9 Å². The highest BCUT2D eigenvalue weighted by molar-refractivity contribution is 7.92. The maximum absolute atomic E-state index is 13.3. The van der Waals surface area contributed by atoms with Gasteiger partial charge in [-0.1, -0.05) is 30.3 Å². The standard InChI is InChI=1S/C19H23N3O6S/c23-16(14-20-10-12-28-13-11-20)15-21(18-8-4-5-9-19(18)22(24)25)29(26,27)17-6-2-1-3-7-17/h1-9,16,23H,10-15H2/p+1/t16-/m0/s1. The van der Waals surface area contributed by atoms with Crippen LogP contribution in [0.1, 0.15) is 0 Å². The lowest BCUT2D eigenvalue weighted by atomic mass is 10.2. The van der Waals surface area contributed by atoms with Gasteiger partial charge in [0.2, 0.25) is 0 Å². The van der Waals surface area contributed by atoms with Gasteiger partial charge in [0.05, 0.1) is 29.6 Å². The quantitative estimate of drug-likeness (QED) is 0.460. The number of hydrogen-bond donors (Lipinski definition) is 2. The van der Waals surface area contributed by atoms with Gasteiger partial charge < -0.3 is 14.7 Å². The smallest absolute Gasteiger partial charge is 0.293 e. The Kier molecular flexibility index (Phi) is 6.80. The fraction of sp³-hybridized carbons (Fsp3) is 0.368. The Balaban J connectivity index is 1.95. The van der Waals surface area contributed by atoms with Crippen LogP contribution in [0.5, 0.6) is 0 Å². The second-order valence-electron chi connectivity index (χ2n) is 6.82. The summed E-state index contributed by atoms with van der Waals surface area (Å²) in [5.74, 6) is 0. The second-order valence-corrected chi connectivity index (χ2v) is 8.68. The number of hydrogen-bond acceptors (Lipinski definition) is 6. The molecule has 0 saturated carbocycles. The maximum Gasteiger partial charge on any atom is 0.293 e. The van der Waals surface area contributed by atoms with Crippen molar-refractivity contribution in [2.75, 3.05) is 43.7 Å². The van der Waals surface area contributed by atoms with Gasteiger partial charge in [-0.2, -0.15) is 0 Å². The highest BCUT2D eigenvalue weighted by atomic mass is 32.2. The Morgan fingerprint density at radius 2 is 1.72 bits per heavy atom. The van der Waals surface area contributed by atoms with Crippen LogP contribution in [-0.2, 0) is 14.8 Å². The van der Waals surface area contributed by atoms with Gasteiger partial charge in [-0.05, 0) is 18.2 Å². The van der Waals surface area contributed by atoms with Gasteiger partial charge in [-0.25, -0.2) is 8.42 Å². The Hall–Kier alpha value is -2.53. The van der Waals surface area contributed by atoms with Crippen LogP contribution < -0.4 is 9.21 Å². The lowest BCUT2D eigenvalue weighted by Crippen LogP contribution is -3.15. The molecule has 2 N–H and O–H groups in total. The summed E-state index contributed by atoms with van der Waals surface area (Å²) in [6.45, 7) is 2.63. The molecule has 29 heavy (non-hydrogen) atoms. The molecular weight excluding hydrogens is 398 g/mol. The summed E-state index contributed by atoms with van der Waals surface area (Å²) in [6.07, 6.45) is -0.999. The number of anilines is 1. The van der Waals surface area contributed by atoms with Crippen LogP contribution >= 0.6 is 0 Å². The van der Waals surface area contributed by atoms with E-state index in [1.54, 1.807) is 18.2 Å². The van der Waals surface area contributed by atoms with Gasteiger partial charge in [0.15, 0.2) is 0 Å². The molecule has 0 amide bonds. The number of ether oxygens (including phenoxy) is 1. The molecule has 156 valence electrons. The van der Waals surface area contributed by atoms with Crippen molar-refractivity contribution >= 4 is 21.4 Å². The van der Waals surface area contributed by atoms with E-state index in [2.05, 4.69) is 0 Å². The molecule has 9 nitrogen and oxygen atoms in total. The first-order valence-corrected chi connectivity index (χ1v) is 10.7. The summed E-state index contributed by atoms with van der Waals surface area (Å²) in [7, 11) is -4.11. The summed E-state index contributed by atoms with van der Waals surface area (Å²) in [5.41, 5.74) is -0.407. The molecule has 0 aromatic heterocycles. The predicted molar refractivity (Wildman–Crippen MR) is 106 cm³/mol. The van der Waals surface area contributed by atoms with E-state index in [4.69, 9.17) is 4.74 Å². The number of morpholine rings is 1. The molecule has 3 rings (SSSR count). The molecule has 10 heteroatoms. The largest absolute Gasteiger partial charge is 0.385 e. The molecule has 1 aliphatic heterocycles. The first kappa shape index (κ1) is 21.2. The molecule has 0 radical (unpaired) electrons. The minimum Gasteiger partial charge on any atom is -0.385 e. The number of aliphatic hydroxyl groups is 1. The third kappa shape index (κ3) is 5.10. The number of nitro groups is 1. The van der Waals surface area contributed by atoms with Crippen molar-refractivity contribution in [3.63, 3.8) is 0 Å². The van der Waals surface area contributed by atoms with E-state index in [0.29, 0.717) is 32.8 Å². The van der Waals surface area contributed by atoms with Crippen molar-refractivity contribution in [3.8, 4) is 0 Å². The third-order valence-corrected chi connectivity index (χ3v) is 6.57. The Morgan fingerprint density at radius 1 is 1.10 bits per heavy atom.